The number of nitrogen functional groups attached to an aromatic ring is 1. The van der Waals surface area contributed by atoms with Crippen LogP contribution in [0, 0.1) is 6.92 Å². The van der Waals surface area contributed by atoms with Gasteiger partial charge >= 0.3 is 0 Å². The molecule has 2 amide bonds. The van der Waals surface area contributed by atoms with Crippen molar-refractivity contribution in [2.24, 2.45) is 5.73 Å². The summed E-state index contributed by atoms with van der Waals surface area (Å²) in [5, 5.41) is 14.2. The van der Waals surface area contributed by atoms with Crippen molar-refractivity contribution in [2.45, 2.75) is 30.8 Å². The van der Waals surface area contributed by atoms with Crippen molar-refractivity contribution >= 4 is 57.5 Å². The minimum Gasteiger partial charge on any atom is -0.368 e. The van der Waals surface area contributed by atoms with Crippen LogP contribution in [0.25, 0.3) is 11.1 Å². The van der Waals surface area contributed by atoms with E-state index in [4.69, 9.17) is 23.1 Å². The SMILES string of the molecule is Cc1ccc(-c2csc(NC(=O)C(C)n3c(N)nnc3SCc3ccccc3Cl)c2C(N)=O)cc1. The second-order valence-electron chi connectivity index (χ2n) is 7.84. The summed E-state index contributed by atoms with van der Waals surface area (Å²) in [6.45, 7) is 3.67. The molecular formula is C24H23ClN6O2S2. The van der Waals surface area contributed by atoms with Gasteiger partial charge in [0.05, 0.1) is 5.56 Å². The molecule has 0 aliphatic rings. The topological polar surface area (TPSA) is 129 Å². The maximum absolute atomic E-state index is 13.2. The lowest BCUT2D eigenvalue weighted by molar-refractivity contribution is -0.118. The van der Waals surface area contributed by atoms with E-state index in [2.05, 4.69) is 15.5 Å². The van der Waals surface area contributed by atoms with E-state index in [0.717, 1.165) is 16.7 Å². The minimum absolute atomic E-state index is 0.107. The number of nitrogens with two attached hydrogens (primary N) is 2. The van der Waals surface area contributed by atoms with Crippen molar-refractivity contribution in [3.8, 4) is 11.1 Å². The van der Waals surface area contributed by atoms with E-state index in [1.54, 1.807) is 11.5 Å². The number of hydrogen-bond acceptors (Lipinski definition) is 7. The van der Waals surface area contributed by atoms with Gasteiger partial charge in [-0.2, -0.15) is 0 Å². The zero-order valence-corrected chi connectivity index (χ0v) is 21.4. The summed E-state index contributed by atoms with van der Waals surface area (Å²) in [5.74, 6) is -0.362. The predicted octanol–water partition coefficient (Wildman–Crippen LogP) is 5.14. The number of nitrogens with one attached hydrogen (secondary N) is 1. The molecule has 35 heavy (non-hydrogen) atoms. The molecule has 0 fully saturated rings. The van der Waals surface area contributed by atoms with Crippen LogP contribution < -0.4 is 16.8 Å². The number of thiophene rings is 1. The fourth-order valence-corrected chi connectivity index (χ4v) is 5.77. The Hall–Kier alpha value is -3.34. The van der Waals surface area contributed by atoms with Gasteiger partial charge in [-0.3, -0.25) is 14.2 Å². The Morgan fingerprint density at radius 1 is 1.17 bits per heavy atom. The number of aryl methyl sites for hydroxylation is 1. The summed E-state index contributed by atoms with van der Waals surface area (Å²) in [5.41, 5.74) is 15.5. The van der Waals surface area contributed by atoms with Crippen LogP contribution in [0.2, 0.25) is 5.02 Å². The van der Waals surface area contributed by atoms with Crippen molar-refractivity contribution in [2.75, 3.05) is 11.1 Å². The number of rotatable bonds is 8. The molecule has 4 aromatic rings. The summed E-state index contributed by atoms with van der Waals surface area (Å²) in [6, 6.07) is 14.5. The molecule has 0 saturated carbocycles. The molecule has 0 aliphatic heterocycles. The van der Waals surface area contributed by atoms with Crippen LogP contribution in [0.15, 0.2) is 59.1 Å². The van der Waals surface area contributed by atoms with Crippen molar-refractivity contribution in [1.82, 2.24) is 14.8 Å². The van der Waals surface area contributed by atoms with Gasteiger partial charge in [0.1, 0.15) is 11.0 Å². The smallest absolute Gasteiger partial charge is 0.252 e. The fraction of sp³-hybridized carbons (Fsp3) is 0.167. The molecule has 0 radical (unpaired) electrons. The third-order valence-electron chi connectivity index (χ3n) is 5.41. The monoisotopic (exact) mass is 526 g/mol. The molecule has 0 aliphatic carbocycles. The normalized spacial score (nSPS) is 11.9. The van der Waals surface area contributed by atoms with Crippen LogP contribution in [-0.2, 0) is 10.5 Å². The Bertz CT molecular complexity index is 1380. The maximum Gasteiger partial charge on any atom is 0.252 e. The number of nitrogens with zero attached hydrogens (tertiary/aromatic N) is 3. The van der Waals surface area contributed by atoms with Crippen LogP contribution in [0.3, 0.4) is 0 Å². The van der Waals surface area contributed by atoms with E-state index in [1.807, 2.05) is 60.8 Å². The highest BCUT2D eigenvalue weighted by atomic mass is 35.5. The first-order valence-electron chi connectivity index (χ1n) is 10.6. The zero-order valence-electron chi connectivity index (χ0n) is 19.0. The molecule has 1 atom stereocenters. The molecule has 2 heterocycles. The Kier molecular flexibility index (Phi) is 7.44. The van der Waals surface area contributed by atoms with Crippen LogP contribution >= 0.6 is 34.7 Å². The van der Waals surface area contributed by atoms with Gasteiger partial charge in [-0.25, -0.2) is 0 Å². The van der Waals surface area contributed by atoms with Crippen LogP contribution in [0.5, 0.6) is 0 Å². The Labute approximate surface area is 215 Å². The second kappa shape index (κ2) is 10.5. The lowest BCUT2D eigenvalue weighted by Crippen LogP contribution is -2.26. The van der Waals surface area contributed by atoms with E-state index in [1.165, 1.54) is 23.1 Å². The first kappa shape index (κ1) is 24.8. The van der Waals surface area contributed by atoms with E-state index in [9.17, 15) is 9.59 Å². The molecule has 11 heteroatoms. The number of halogens is 1. The summed E-state index contributed by atoms with van der Waals surface area (Å²) < 4.78 is 1.55. The Morgan fingerprint density at radius 2 is 1.89 bits per heavy atom. The number of carbonyl (C=O) groups is 2. The van der Waals surface area contributed by atoms with E-state index in [-0.39, 0.29) is 17.4 Å². The highest BCUT2D eigenvalue weighted by molar-refractivity contribution is 7.98. The zero-order chi connectivity index (χ0) is 25.1. The lowest BCUT2D eigenvalue weighted by Gasteiger charge is -2.16. The molecule has 2 aromatic heterocycles. The fourth-order valence-electron chi connectivity index (χ4n) is 3.48. The number of hydrogen-bond donors (Lipinski definition) is 3. The standard InChI is InChI=1S/C24H23ClN6O2S2/c1-13-7-9-15(10-8-13)17-12-34-22(19(17)20(26)32)28-21(33)14(2)31-23(27)29-30-24(31)35-11-16-5-3-4-6-18(16)25/h3-10,12,14H,11H2,1-2H3,(H2,26,32)(H2,27,29)(H,28,33). The van der Waals surface area contributed by atoms with Crippen LogP contribution in [0.4, 0.5) is 10.9 Å². The summed E-state index contributed by atoms with van der Waals surface area (Å²) in [4.78, 5) is 25.5. The average Bonchev–Trinajstić information content (AvgIpc) is 3.42. The first-order chi connectivity index (χ1) is 16.8. The number of primary amides is 1. The largest absolute Gasteiger partial charge is 0.368 e. The number of carbonyl (C=O) groups excluding carboxylic acids is 2. The molecule has 0 saturated heterocycles. The molecule has 180 valence electrons. The van der Waals surface area contributed by atoms with Crippen molar-refractivity contribution in [3.63, 3.8) is 0 Å². The van der Waals surface area contributed by atoms with Gasteiger partial charge in [0.2, 0.25) is 11.9 Å². The van der Waals surface area contributed by atoms with E-state index >= 15 is 0 Å². The van der Waals surface area contributed by atoms with Gasteiger partial charge < -0.3 is 16.8 Å². The molecule has 0 bridgehead atoms. The van der Waals surface area contributed by atoms with Gasteiger partial charge in [0.25, 0.3) is 5.91 Å². The number of amides is 2. The third kappa shape index (κ3) is 5.34. The van der Waals surface area contributed by atoms with Gasteiger partial charge in [0, 0.05) is 21.7 Å². The van der Waals surface area contributed by atoms with E-state index in [0.29, 0.717) is 26.5 Å². The summed E-state index contributed by atoms with van der Waals surface area (Å²) in [7, 11) is 0. The van der Waals surface area contributed by atoms with Crippen LogP contribution in [0.1, 0.15) is 34.5 Å². The quantitative estimate of drug-likeness (QED) is 0.272. The van der Waals surface area contributed by atoms with Gasteiger partial charge in [0.15, 0.2) is 5.16 Å². The average molecular weight is 527 g/mol. The Balaban J connectivity index is 1.55. The second-order valence-corrected chi connectivity index (χ2v) is 10.1. The van der Waals surface area contributed by atoms with Gasteiger partial charge in [-0.1, -0.05) is 71.4 Å². The molecule has 5 N–H and O–H groups in total. The highest BCUT2D eigenvalue weighted by Gasteiger charge is 2.26. The summed E-state index contributed by atoms with van der Waals surface area (Å²) in [6.07, 6.45) is 0. The van der Waals surface area contributed by atoms with Crippen molar-refractivity contribution in [3.05, 3.63) is 75.6 Å². The van der Waals surface area contributed by atoms with Gasteiger partial charge in [-0.05, 0) is 31.0 Å². The molecular weight excluding hydrogens is 504 g/mol. The number of thioether (sulfide) groups is 1. The molecule has 1 unspecified atom stereocenters. The number of benzene rings is 2. The lowest BCUT2D eigenvalue weighted by atomic mass is 10.0. The van der Waals surface area contributed by atoms with Crippen molar-refractivity contribution < 1.29 is 9.59 Å². The maximum atomic E-state index is 13.2. The summed E-state index contributed by atoms with van der Waals surface area (Å²) >= 11 is 8.86. The molecule has 2 aromatic carbocycles. The first-order valence-corrected chi connectivity index (χ1v) is 12.9. The molecule has 4 rings (SSSR count). The molecule has 0 spiro atoms. The van der Waals surface area contributed by atoms with E-state index < -0.39 is 11.9 Å². The highest BCUT2D eigenvalue weighted by Crippen LogP contribution is 2.36. The van der Waals surface area contributed by atoms with Crippen molar-refractivity contribution in [1.29, 1.82) is 0 Å². The minimum atomic E-state index is -0.746. The van der Waals surface area contributed by atoms with Gasteiger partial charge in [-0.15, -0.1) is 21.5 Å². The number of aromatic nitrogens is 3. The molecule has 8 nitrogen and oxygen atoms in total. The number of anilines is 2. The Morgan fingerprint density at radius 3 is 2.57 bits per heavy atom. The predicted molar refractivity (Wildman–Crippen MR) is 142 cm³/mol. The third-order valence-corrected chi connectivity index (χ3v) is 7.67. The van der Waals surface area contributed by atoms with Crippen LogP contribution in [-0.4, -0.2) is 26.6 Å².